The highest BCUT2D eigenvalue weighted by Gasteiger charge is 2.32. The zero-order valence-corrected chi connectivity index (χ0v) is 18.2. The van der Waals surface area contributed by atoms with E-state index in [1.54, 1.807) is 19.2 Å². The molecule has 1 aliphatic rings. The zero-order chi connectivity index (χ0) is 21.7. The lowest BCUT2D eigenvalue weighted by Gasteiger charge is -2.38. The summed E-state index contributed by atoms with van der Waals surface area (Å²) in [6.45, 7) is 8.32. The first-order valence-corrected chi connectivity index (χ1v) is 10.5. The average Bonchev–Trinajstić information content (AvgIpc) is 2.74. The molecule has 1 heterocycles. The van der Waals surface area contributed by atoms with Crippen molar-refractivity contribution in [1.29, 1.82) is 0 Å². The summed E-state index contributed by atoms with van der Waals surface area (Å²) < 4.78 is 18.7. The number of carbonyl (C=O) groups excluding carboxylic acids is 1. The Bertz CT molecular complexity index is 862. The highest BCUT2D eigenvalue weighted by atomic mass is 19.1. The lowest BCUT2D eigenvalue weighted by atomic mass is 10.00. The van der Waals surface area contributed by atoms with Crippen LogP contribution in [0, 0.1) is 11.7 Å². The Kier molecular flexibility index (Phi) is 7.27. The molecule has 0 aliphatic carbocycles. The first kappa shape index (κ1) is 22.0. The number of amides is 1. The van der Waals surface area contributed by atoms with E-state index in [1.165, 1.54) is 12.1 Å². The molecule has 2 aromatic carbocycles. The maximum absolute atomic E-state index is 13.6. The molecule has 3 rings (SSSR count). The SMILES string of the molecule is COc1ccc(C2/C=C\CN(CC(C)C)[C@@H](C)C(=O)N2Cc2ccc(F)cc2)cc1. The molecule has 0 fully saturated rings. The summed E-state index contributed by atoms with van der Waals surface area (Å²) in [6, 6.07) is 13.8. The van der Waals surface area contributed by atoms with Crippen LogP contribution in [-0.2, 0) is 11.3 Å². The van der Waals surface area contributed by atoms with Gasteiger partial charge in [0.05, 0.1) is 19.2 Å². The molecular formula is C25H31FN2O2. The molecule has 0 spiro atoms. The number of halogens is 1. The van der Waals surface area contributed by atoms with E-state index in [1.807, 2.05) is 36.1 Å². The number of rotatable bonds is 6. The van der Waals surface area contributed by atoms with Crippen molar-refractivity contribution in [2.24, 2.45) is 5.92 Å². The highest BCUT2D eigenvalue weighted by Crippen LogP contribution is 2.29. The standard InChI is InChI=1S/C25H31FN2O2/c1-18(2)16-27-15-5-6-24(21-9-13-23(30-4)14-10-21)28(25(29)19(27)3)17-20-7-11-22(26)12-8-20/h5-14,18-19,24H,15-17H2,1-4H3/b6-5-/t19-,24?/m0/s1. The van der Waals surface area contributed by atoms with Gasteiger partial charge in [-0.05, 0) is 48.2 Å². The van der Waals surface area contributed by atoms with Crippen LogP contribution in [0.5, 0.6) is 5.75 Å². The van der Waals surface area contributed by atoms with Crippen LogP contribution in [0.4, 0.5) is 4.39 Å². The van der Waals surface area contributed by atoms with Gasteiger partial charge in [-0.3, -0.25) is 9.69 Å². The lowest BCUT2D eigenvalue weighted by Crippen LogP contribution is -2.50. The van der Waals surface area contributed by atoms with Crippen molar-refractivity contribution in [1.82, 2.24) is 9.80 Å². The molecule has 30 heavy (non-hydrogen) atoms. The van der Waals surface area contributed by atoms with Crippen LogP contribution in [0.25, 0.3) is 0 Å². The fraction of sp³-hybridized carbons (Fsp3) is 0.400. The number of carbonyl (C=O) groups is 1. The van der Waals surface area contributed by atoms with E-state index in [4.69, 9.17) is 4.74 Å². The van der Waals surface area contributed by atoms with Gasteiger partial charge in [-0.25, -0.2) is 4.39 Å². The van der Waals surface area contributed by atoms with Crippen molar-refractivity contribution >= 4 is 5.91 Å². The summed E-state index contributed by atoms with van der Waals surface area (Å²) in [4.78, 5) is 17.7. The van der Waals surface area contributed by atoms with Crippen LogP contribution >= 0.6 is 0 Å². The van der Waals surface area contributed by atoms with Crippen LogP contribution in [0.3, 0.4) is 0 Å². The summed E-state index contributed by atoms with van der Waals surface area (Å²) in [5, 5.41) is 0. The third-order valence-corrected chi connectivity index (χ3v) is 5.51. The zero-order valence-electron chi connectivity index (χ0n) is 18.2. The number of hydrogen-bond donors (Lipinski definition) is 0. The van der Waals surface area contributed by atoms with Crippen molar-refractivity contribution in [3.63, 3.8) is 0 Å². The van der Waals surface area contributed by atoms with E-state index < -0.39 is 0 Å². The fourth-order valence-corrected chi connectivity index (χ4v) is 3.88. The van der Waals surface area contributed by atoms with E-state index >= 15 is 0 Å². The number of benzene rings is 2. The maximum atomic E-state index is 13.6. The van der Waals surface area contributed by atoms with Gasteiger partial charge < -0.3 is 9.64 Å². The van der Waals surface area contributed by atoms with E-state index in [0.717, 1.165) is 30.0 Å². The third kappa shape index (κ3) is 5.28. The molecule has 1 aliphatic heterocycles. The minimum Gasteiger partial charge on any atom is -0.497 e. The van der Waals surface area contributed by atoms with Crippen LogP contribution in [0.1, 0.15) is 37.9 Å². The summed E-state index contributed by atoms with van der Waals surface area (Å²) in [5.41, 5.74) is 1.92. The van der Waals surface area contributed by atoms with E-state index in [0.29, 0.717) is 12.5 Å². The molecule has 1 amide bonds. The summed E-state index contributed by atoms with van der Waals surface area (Å²) in [6.07, 6.45) is 4.25. The molecule has 4 nitrogen and oxygen atoms in total. The van der Waals surface area contributed by atoms with Gasteiger partial charge in [0, 0.05) is 19.6 Å². The first-order chi connectivity index (χ1) is 14.4. The predicted octanol–water partition coefficient (Wildman–Crippen LogP) is 4.82. The van der Waals surface area contributed by atoms with Gasteiger partial charge in [-0.2, -0.15) is 0 Å². The Morgan fingerprint density at radius 1 is 1.10 bits per heavy atom. The molecule has 2 atom stereocenters. The number of methoxy groups -OCH3 is 1. The largest absolute Gasteiger partial charge is 0.497 e. The Hall–Kier alpha value is -2.66. The normalized spacial score (nSPS) is 21.4. The van der Waals surface area contributed by atoms with Gasteiger partial charge in [-0.1, -0.05) is 50.3 Å². The molecule has 0 saturated carbocycles. The molecule has 1 unspecified atom stereocenters. The molecule has 0 bridgehead atoms. The summed E-state index contributed by atoms with van der Waals surface area (Å²) in [5.74, 6) is 1.04. The third-order valence-electron chi connectivity index (χ3n) is 5.51. The van der Waals surface area contributed by atoms with Gasteiger partial charge >= 0.3 is 0 Å². The molecule has 0 N–H and O–H groups in total. The van der Waals surface area contributed by atoms with Crippen LogP contribution in [0.15, 0.2) is 60.7 Å². The average molecular weight is 411 g/mol. The molecule has 2 aromatic rings. The Labute approximate surface area is 178 Å². The molecule has 0 aromatic heterocycles. The first-order valence-electron chi connectivity index (χ1n) is 10.5. The van der Waals surface area contributed by atoms with Crippen molar-refractivity contribution in [3.8, 4) is 5.75 Å². The van der Waals surface area contributed by atoms with Gasteiger partial charge in [0.15, 0.2) is 0 Å². The predicted molar refractivity (Wildman–Crippen MR) is 118 cm³/mol. The van der Waals surface area contributed by atoms with Crippen LogP contribution in [-0.4, -0.2) is 41.9 Å². The second-order valence-electron chi connectivity index (χ2n) is 8.26. The van der Waals surface area contributed by atoms with Gasteiger partial charge in [0.1, 0.15) is 11.6 Å². The number of ether oxygens (including phenoxy) is 1. The van der Waals surface area contributed by atoms with Crippen LogP contribution in [0.2, 0.25) is 0 Å². The van der Waals surface area contributed by atoms with Crippen molar-refractivity contribution in [2.75, 3.05) is 20.2 Å². The lowest BCUT2D eigenvalue weighted by molar-refractivity contribution is -0.139. The van der Waals surface area contributed by atoms with Gasteiger partial charge in [0.25, 0.3) is 0 Å². The fourth-order valence-electron chi connectivity index (χ4n) is 3.88. The van der Waals surface area contributed by atoms with Crippen molar-refractivity contribution in [2.45, 2.75) is 39.4 Å². The number of nitrogens with zero attached hydrogens (tertiary/aromatic N) is 2. The Morgan fingerprint density at radius 3 is 2.37 bits per heavy atom. The van der Waals surface area contributed by atoms with Crippen molar-refractivity contribution < 1.29 is 13.9 Å². The van der Waals surface area contributed by atoms with Gasteiger partial charge in [-0.15, -0.1) is 0 Å². The molecule has 0 radical (unpaired) electrons. The Balaban J connectivity index is 1.98. The second kappa shape index (κ2) is 9.90. The molecule has 0 saturated heterocycles. The molecule has 5 heteroatoms. The summed E-state index contributed by atoms with van der Waals surface area (Å²) in [7, 11) is 1.64. The Morgan fingerprint density at radius 2 is 1.77 bits per heavy atom. The van der Waals surface area contributed by atoms with Gasteiger partial charge in [0.2, 0.25) is 5.91 Å². The minimum absolute atomic E-state index is 0.0742. The molecule has 160 valence electrons. The topological polar surface area (TPSA) is 32.8 Å². The molecular weight excluding hydrogens is 379 g/mol. The van der Waals surface area contributed by atoms with E-state index in [2.05, 4.69) is 30.9 Å². The van der Waals surface area contributed by atoms with E-state index in [-0.39, 0.29) is 23.8 Å². The number of hydrogen-bond acceptors (Lipinski definition) is 3. The van der Waals surface area contributed by atoms with Crippen molar-refractivity contribution in [3.05, 3.63) is 77.6 Å². The second-order valence-corrected chi connectivity index (χ2v) is 8.26. The minimum atomic E-state index is -0.277. The van der Waals surface area contributed by atoms with Crippen LogP contribution < -0.4 is 4.74 Å². The monoisotopic (exact) mass is 410 g/mol. The highest BCUT2D eigenvalue weighted by molar-refractivity contribution is 5.82. The smallest absolute Gasteiger partial charge is 0.240 e. The quantitative estimate of drug-likeness (QED) is 0.640. The maximum Gasteiger partial charge on any atom is 0.240 e. The van der Waals surface area contributed by atoms with E-state index in [9.17, 15) is 9.18 Å². The summed E-state index contributed by atoms with van der Waals surface area (Å²) >= 11 is 0.